The zero-order valence-electron chi connectivity index (χ0n) is 46.2. The van der Waals surface area contributed by atoms with Gasteiger partial charge in [0.05, 0.1) is 33.8 Å². The quantitative estimate of drug-likeness (QED) is 0.0205. The molecule has 0 rings (SSSR count). The number of esters is 1. The number of phosphoric acid groups is 1. The molecule has 0 aromatic heterocycles. The van der Waals surface area contributed by atoms with E-state index in [0.29, 0.717) is 17.4 Å². The van der Waals surface area contributed by atoms with Crippen LogP contribution in [-0.2, 0) is 27.9 Å². The Morgan fingerprint density at radius 2 is 0.929 bits per heavy atom. The highest BCUT2D eigenvalue weighted by Crippen LogP contribution is 2.43. The van der Waals surface area contributed by atoms with Crippen molar-refractivity contribution in [2.24, 2.45) is 0 Å². The Morgan fingerprint density at radius 3 is 1.39 bits per heavy atom. The van der Waals surface area contributed by atoms with Crippen LogP contribution in [-0.4, -0.2) is 74.3 Å². The van der Waals surface area contributed by atoms with Gasteiger partial charge in [-0.3, -0.25) is 18.6 Å². The van der Waals surface area contributed by atoms with E-state index >= 15 is 0 Å². The van der Waals surface area contributed by atoms with Gasteiger partial charge >= 0.3 is 13.8 Å². The molecule has 3 atom stereocenters. The van der Waals surface area contributed by atoms with Crippen molar-refractivity contribution in [1.82, 2.24) is 5.32 Å². The van der Waals surface area contributed by atoms with E-state index in [4.69, 9.17) is 13.8 Å². The number of carbonyl (C=O) groups excluding carboxylic acids is 2. The lowest BCUT2D eigenvalue weighted by Crippen LogP contribution is -2.47. The third kappa shape index (κ3) is 50.4. The molecule has 70 heavy (non-hydrogen) atoms. The number of hydrogen-bond donors (Lipinski definition) is 2. The first kappa shape index (κ1) is 67.5. The van der Waals surface area contributed by atoms with E-state index in [-0.39, 0.29) is 37.9 Å². The summed E-state index contributed by atoms with van der Waals surface area (Å²) in [5.41, 5.74) is 0. The maximum atomic E-state index is 13.5. The first-order valence-corrected chi connectivity index (χ1v) is 30.3. The lowest BCUT2D eigenvalue weighted by molar-refractivity contribution is -0.870. The number of nitrogens with zero attached hydrogens (tertiary/aromatic N) is 1. The van der Waals surface area contributed by atoms with Gasteiger partial charge in [0, 0.05) is 12.8 Å². The average molecular weight is 1000 g/mol. The largest absolute Gasteiger partial charge is 0.472 e. The normalized spacial score (nSPS) is 14.3. The molecule has 0 heterocycles. The summed E-state index contributed by atoms with van der Waals surface area (Å²) in [4.78, 5) is 37.6. The van der Waals surface area contributed by atoms with E-state index in [2.05, 4.69) is 86.8 Å². The summed E-state index contributed by atoms with van der Waals surface area (Å²) >= 11 is 0. The minimum absolute atomic E-state index is 0.0283. The number of phosphoric ester groups is 1. The first-order valence-electron chi connectivity index (χ1n) is 28.8. The molecule has 0 aromatic carbocycles. The molecule has 0 aliphatic heterocycles. The molecule has 0 aliphatic carbocycles. The molecule has 0 saturated carbocycles. The minimum atomic E-state index is -4.46. The summed E-state index contributed by atoms with van der Waals surface area (Å²) < 4.78 is 30.6. The van der Waals surface area contributed by atoms with Crippen molar-refractivity contribution in [2.45, 2.75) is 258 Å². The lowest BCUT2D eigenvalue weighted by Gasteiger charge is -2.27. The number of allylic oxidation sites excluding steroid dienone is 11. The molecule has 0 spiro atoms. The van der Waals surface area contributed by atoms with E-state index in [1.807, 2.05) is 33.3 Å². The van der Waals surface area contributed by atoms with Crippen LogP contribution in [0, 0.1) is 0 Å². The number of likely N-dealkylation sites (N-methyl/N-ethyl adjacent to an activating group) is 1. The van der Waals surface area contributed by atoms with E-state index < -0.39 is 20.0 Å². The Labute approximate surface area is 432 Å². The Kier molecular flexibility index (Phi) is 48.2. The van der Waals surface area contributed by atoms with Crippen molar-refractivity contribution in [2.75, 3.05) is 40.9 Å². The number of rotatable bonds is 51. The third-order valence-corrected chi connectivity index (χ3v) is 13.4. The molecule has 0 bridgehead atoms. The van der Waals surface area contributed by atoms with Gasteiger partial charge < -0.3 is 19.4 Å². The fourth-order valence-corrected chi connectivity index (χ4v) is 8.71. The van der Waals surface area contributed by atoms with Gasteiger partial charge in [0.1, 0.15) is 19.3 Å². The predicted octanol–water partition coefficient (Wildman–Crippen LogP) is 17.3. The van der Waals surface area contributed by atoms with Crippen LogP contribution in [0.15, 0.2) is 72.9 Å². The summed E-state index contributed by atoms with van der Waals surface area (Å²) in [5.74, 6) is -0.571. The summed E-state index contributed by atoms with van der Waals surface area (Å²) in [5, 5.41) is 3.01. The Bertz CT molecular complexity index is 1430. The van der Waals surface area contributed by atoms with Crippen LogP contribution < -0.4 is 5.32 Å². The van der Waals surface area contributed by atoms with Crippen molar-refractivity contribution >= 4 is 19.7 Å². The molecule has 406 valence electrons. The van der Waals surface area contributed by atoms with E-state index in [9.17, 15) is 19.0 Å². The third-order valence-electron chi connectivity index (χ3n) is 12.4. The minimum Gasteiger partial charge on any atom is -0.456 e. The number of ether oxygens (including phenoxy) is 1. The number of quaternary nitrogens is 1. The van der Waals surface area contributed by atoms with Crippen LogP contribution in [0.2, 0.25) is 0 Å². The van der Waals surface area contributed by atoms with Crippen molar-refractivity contribution in [3.05, 3.63) is 72.9 Å². The summed E-state index contributed by atoms with van der Waals surface area (Å²) in [6, 6.07) is -0.877. The second-order valence-electron chi connectivity index (χ2n) is 20.4. The van der Waals surface area contributed by atoms with Crippen molar-refractivity contribution in [3.8, 4) is 0 Å². The molecule has 2 N–H and O–H groups in total. The lowest BCUT2D eigenvalue weighted by atomic mass is 10.0. The Hall–Kier alpha value is -2.55. The zero-order valence-corrected chi connectivity index (χ0v) is 47.1. The summed E-state index contributed by atoms with van der Waals surface area (Å²) in [6.07, 6.45) is 63.3. The molecule has 0 fully saturated rings. The van der Waals surface area contributed by atoms with Gasteiger partial charge in [0.15, 0.2) is 0 Å². The molecule has 10 heteroatoms. The maximum Gasteiger partial charge on any atom is 0.472 e. The second kappa shape index (κ2) is 50.0. The number of carbonyl (C=O) groups is 2. The van der Waals surface area contributed by atoms with Gasteiger partial charge in [-0.1, -0.05) is 235 Å². The Balaban J connectivity index is 5.46. The fourth-order valence-electron chi connectivity index (χ4n) is 7.98. The molecule has 9 nitrogen and oxygen atoms in total. The molecule has 0 aromatic rings. The molecule has 3 unspecified atom stereocenters. The molecule has 0 saturated heterocycles. The SMILES string of the molecule is CC/C=C\C/C=C\C/C=C\C/C=C\C/C=C\CCCC(=O)NC(COP(=O)(O)OCC[N+](C)(C)C)C(/C=C/CCCCCCCCCCCCC)OC(=O)CCCCCCCCCCCCCCCC. The second-order valence-corrected chi connectivity index (χ2v) is 21.9. The van der Waals surface area contributed by atoms with E-state index in [1.165, 1.54) is 128 Å². The molecular formula is C60H110N2O7P+. The average Bonchev–Trinajstić information content (AvgIpc) is 3.32. The molecular weight excluding hydrogens is 892 g/mol. The molecule has 0 radical (unpaired) electrons. The first-order chi connectivity index (χ1) is 33.9. The zero-order chi connectivity index (χ0) is 51.5. The number of unbranched alkanes of at least 4 members (excludes halogenated alkanes) is 25. The van der Waals surface area contributed by atoms with Crippen LogP contribution in [0.1, 0.15) is 245 Å². The smallest absolute Gasteiger partial charge is 0.456 e. The number of amides is 1. The highest BCUT2D eigenvalue weighted by molar-refractivity contribution is 7.47. The molecule has 0 aliphatic rings. The van der Waals surface area contributed by atoms with Gasteiger partial charge in [-0.15, -0.1) is 0 Å². The number of hydrogen-bond acceptors (Lipinski definition) is 6. The monoisotopic (exact) mass is 1000 g/mol. The fraction of sp³-hybridized carbons (Fsp3) is 0.767. The van der Waals surface area contributed by atoms with E-state index in [1.54, 1.807) is 0 Å². The van der Waals surface area contributed by atoms with Crippen LogP contribution in [0.4, 0.5) is 0 Å². The summed E-state index contributed by atoms with van der Waals surface area (Å²) in [7, 11) is 1.46. The van der Waals surface area contributed by atoms with Crippen LogP contribution in [0.25, 0.3) is 0 Å². The molecule has 1 amide bonds. The van der Waals surface area contributed by atoms with Gasteiger partial charge in [0.2, 0.25) is 5.91 Å². The van der Waals surface area contributed by atoms with Gasteiger partial charge in [-0.25, -0.2) is 4.57 Å². The summed E-state index contributed by atoms with van der Waals surface area (Å²) in [6.45, 7) is 6.85. The predicted molar refractivity (Wildman–Crippen MR) is 300 cm³/mol. The standard InChI is InChI=1S/C60H109N2O7P/c1-7-10-13-16-19-22-25-28-30-31-32-34-37-40-43-46-49-52-59(63)61-57(56-68-70(65,66)67-55-54-62(4,5)6)58(51-48-45-42-39-36-33-27-24-21-18-15-12-9-3)69-60(64)53-50-47-44-41-38-35-29-26-23-20-17-14-11-8-2/h10,13,19,22,28,30,32,34,40,43,48,51,57-58H,7-9,11-12,14-18,20-21,23-27,29,31,33,35-39,41-42,44-47,49-50,52-56H2,1-6H3,(H-,61,63,65,66)/p+1/b13-10-,22-19-,30-28-,34-32-,43-40-,51-48+. The van der Waals surface area contributed by atoms with Gasteiger partial charge in [-0.05, 0) is 70.3 Å². The van der Waals surface area contributed by atoms with Crippen molar-refractivity contribution < 1.29 is 37.3 Å². The van der Waals surface area contributed by atoms with Crippen molar-refractivity contribution in [1.29, 1.82) is 0 Å². The van der Waals surface area contributed by atoms with Gasteiger partial charge in [0.25, 0.3) is 0 Å². The number of nitrogens with one attached hydrogen (secondary N) is 1. The van der Waals surface area contributed by atoms with Crippen molar-refractivity contribution in [3.63, 3.8) is 0 Å². The van der Waals surface area contributed by atoms with Gasteiger partial charge in [-0.2, -0.15) is 0 Å². The highest BCUT2D eigenvalue weighted by Gasteiger charge is 2.30. The van der Waals surface area contributed by atoms with Crippen LogP contribution in [0.3, 0.4) is 0 Å². The van der Waals surface area contributed by atoms with Crippen LogP contribution >= 0.6 is 7.82 Å². The maximum absolute atomic E-state index is 13.5. The Morgan fingerprint density at radius 1 is 0.514 bits per heavy atom. The van der Waals surface area contributed by atoms with E-state index in [0.717, 1.165) is 77.0 Å². The van der Waals surface area contributed by atoms with Crippen LogP contribution in [0.5, 0.6) is 0 Å². The highest BCUT2D eigenvalue weighted by atomic mass is 31.2. The topological polar surface area (TPSA) is 111 Å².